The summed E-state index contributed by atoms with van der Waals surface area (Å²) < 4.78 is 5.34. The van der Waals surface area contributed by atoms with E-state index in [0.29, 0.717) is 19.6 Å². The van der Waals surface area contributed by atoms with E-state index in [2.05, 4.69) is 15.6 Å². The smallest absolute Gasteiger partial charge is 0.317 e. The summed E-state index contributed by atoms with van der Waals surface area (Å²) in [4.78, 5) is 31.4. The van der Waals surface area contributed by atoms with Crippen LogP contribution in [0.1, 0.15) is 30.9 Å². The molecule has 2 unspecified atom stereocenters. The number of rotatable bonds is 6. The van der Waals surface area contributed by atoms with Gasteiger partial charge in [0.25, 0.3) is 0 Å². The number of ether oxygens (including phenoxy) is 1. The van der Waals surface area contributed by atoms with Crippen molar-refractivity contribution in [1.29, 1.82) is 0 Å². The highest BCUT2D eigenvalue weighted by molar-refractivity contribution is 5.83. The zero-order chi connectivity index (χ0) is 20.8. The third-order valence-electron chi connectivity index (χ3n) is 5.07. The van der Waals surface area contributed by atoms with Crippen molar-refractivity contribution in [2.24, 2.45) is 5.92 Å². The second-order valence-electron chi connectivity index (χ2n) is 7.58. The van der Waals surface area contributed by atoms with Crippen LogP contribution in [0.25, 0.3) is 0 Å². The molecule has 2 aromatic rings. The number of aromatic nitrogens is 1. The number of methoxy groups -OCH3 is 1. The fraction of sp³-hybridized carbons (Fsp3) is 0.409. The predicted octanol–water partition coefficient (Wildman–Crippen LogP) is 2.54. The third kappa shape index (κ3) is 5.25. The van der Waals surface area contributed by atoms with Gasteiger partial charge in [0.1, 0.15) is 5.75 Å². The van der Waals surface area contributed by atoms with Crippen molar-refractivity contribution in [3.8, 4) is 5.75 Å². The lowest BCUT2D eigenvalue weighted by atomic mass is 9.88. The molecule has 0 aliphatic carbocycles. The average molecular weight is 396 g/mol. The van der Waals surface area contributed by atoms with Gasteiger partial charge < -0.3 is 20.3 Å². The molecular formula is C22H28N4O3. The number of hydrogen-bond acceptors (Lipinski definition) is 4. The van der Waals surface area contributed by atoms with E-state index < -0.39 is 0 Å². The maximum absolute atomic E-state index is 13.0. The van der Waals surface area contributed by atoms with Crippen LogP contribution in [0, 0.1) is 5.92 Å². The van der Waals surface area contributed by atoms with E-state index in [9.17, 15) is 9.59 Å². The number of nitrogens with one attached hydrogen (secondary N) is 2. The van der Waals surface area contributed by atoms with Gasteiger partial charge in [-0.05, 0) is 43.2 Å². The van der Waals surface area contributed by atoms with Crippen molar-refractivity contribution in [2.75, 3.05) is 20.2 Å². The molecule has 1 saturated heterocycles. The number of carbonyl (C=O) groups excluding carboxylic acids is 2. The van der Waals surface area contributed by atoms with Crippen LogP contribution in [0.3, 0.4) is 0 Å². The number of amides is 3. The van der Waals surface area contributed by atoms with E-state index in [0.717, 1.165) is 16.9 Å². The molecule has 2 N–H and O–H groups in total. The van der Waals surface area contributed by atoms with Crippen LogP contribution in [0.5, 0.6) is 5.75 Å². The predicted molar refractivity (Wildman–Crippen MR) is 111 cm³/mol. The summed E-state index contributed by atoms with van der Waals surface area (Å²) in [5, 5.41) is 5.92. The topological polar surface area (TPSA) is 83.6 Å². The van der Waals surface area contributed by atoms with Crippen LogP contribution in [-0.2, 0) is 11.3 Å². The van der Waals surface area contributed by atoms with Crippen LogP contribution in [-0.4, -0.2) is 48.1 Å². The molecule has 154 valence electrons. The molecule has 7 heteroatoms. The highest BCUT2D eigenvalue weighted by Gasteiger charge is 2.40. The Morgan fingerprint density at radius 3 is 2.76 bits per heavy atom. The summed E-state index contributed by atoms with van der Waals surface area (Å²) in [5.74, 6) is 0.234. The summed E-state index contributed by atoms with van der Waals surface area (Å²) >= 11 is 0. The van der Waals surface area contributed by atoms with Crippen LogP contribution in [0.15, 0.2) is 48.8 Å². The van der Waals surface area contributed by atoms with Gasteiger partial charge >= 0.3 is 6.03 Å². The molecule has 2 heterocycles. The van der Waals surface area contributed by atoms with Gasteiger partial charge in [-0.15, -0.1) is 0 Å². The number of likely N-dealkylation sites (tertiary alicyclic amines) is 1. The van der Waals surface area contributed by atoms with Crippen molar-refractivity contribution in [1.82, 2.24) is 20.5 Å². The van der Waals surface area contributed by atoms with Gasteiger partial charge in [-0.2, -0.15) is 0 Å². The van der Waals surface area contributed by atoms with Crippen molar-refractivity contribution in [3.05, 3.63) is 59.9 Å². The van der Waals surface area contributed by atoms with E-state index in [1.807, 2.05) is 50.2 Å². The molecule has 1 aromatic carbocycles. The summed E-state index contributed by atoms with van der Waals surface area (Å²) in [5.41, 5.74) is 1.93. The highest BCUT2D eigenvalue weighted by Crippen LogP contribution is 2.34. The second-order valence-corrected chi connectivity index (χ2v) is 7.58. The maximum atomic E-state index is 13.0. The Balaban J connectivity index is 1.77. The first-order chi connectivity index (χ1) is 14.0. The molecule has 3 rings (SSSR count). The van der Waals surface area contributed by atoms with Gasteiger partial charge in [-0.25, -0.2) is 4.79 Å². The number of hydrogen-bond donors (Lipinski definition) is 2. The highest BCUT2D eigenvalue weighted by atomic mass is 16.5. The van der Waals surface area contributed by atoms with E-state index in [4.69, 9.17) is 4.74 Å². The van der Waals surface area contributed by atoms with Crippen LogP contribution >= 0.6 is 0 Å². The number of pyridine rings is 1. The summed E-state index contributed by atoms with van der Waals surface area (Å²) in [6.45, 7) is 5.11. The lowest BCUT2D eigenvalue weighted by Crippen LogP contribution is -2.42. The molecule has 1 fully saturated rings. The molecule has 29 heavy (non-hydrogen) atoms. The first-order valence-corrected chi connectivity index (χ1v) is 9.84. The van der Waals surface area contributed by atoms with Crippen molar-refractivity contribution < 1.29 is 14.3 Å². The molecule has 0 radical (unpaired) electrons. The van der Waals surface area contributed by atoms with E-state index in [1.165, 1.54) is 0 Å². The van der Waals surface area contributed by atoms with Crippen molar-refractivity contribution in [3.63, 3.8) is 0 Å². The second kappa shape index (κ2) is 9.41. The first kappa shape index (κ1) is 20.6. The maximum Gasteiger partial charge on any atom is 0.317 e. The average Bonchev–Trinajstić information content (AvgIpc) is 3.18. The van der Waals surface area contributed by atoms with Gasteiger partial charge in [0, 0.05) is 44.0 Å². The Labute approximate surface area is 171 Å². The first-order valence-electron chi connectivity index (χ1n) is 9.84. The summed E-state index contributed by atoms with van der Waals surface area (Å²) in [6.07, 6.45) is 3.43. The fourth-order valence-electron chi connectivity index (χ4n) is 3.61. The number of nitrogens with zero attached hydrogens (tertiary/aromatic N) is 2. The largest absolute Gasteiger partial charge is 0.497 e. The third-order valence-corrected chi connectivity index (χ3v) is 5.07. The van der Waals surface area contributed by atoms with Gasteiger partial charge in [0.05, 0.1) is 13.0 Å². The van der Waals surface area contributed by atoms with Crippen molar-refractivity contribution in [2.45, 2.75) is 32.4 Å². The molecule has 0 saturated carbocycles. The zero-order valence-electron chi connectivity index (χ0n) is 17.1. The minimum atomic E-state index is -0.336. The monoisotopic (exact) mass is 396 g/mol. The van der Waals surface area contributed by atoms with Gasteiger partial charge in [0.2, 0.25) is 5.91 Å². The SMILES string of the molecule is COc1cccc(C2CN(C(=O)NC(C)C)CC2C(=O)NCc2cccnc2)c1. The number of carbonyl (C=O) groups is 2. The molecule has 0 spiro atoms. The van der Waals surface area contributed by atoms with Crippen molar-refractivity contribution >= 4 is 11.9 Å². The Bertz CT molecular complexity index is 841. The molecule has 1 aliphatic rings. The number of benzene rings is 1. The van der Waals surface area contributed by atoms with Gasteiger partial charge in [0.15, 0.2) is 0 Å². The summed E-state index contributed by atoms with van der Waals surface area (Å²) in [7, 11) is 1.62. The standard InChI is InChI=1S/C22H28N4O3/c1-15(2)25-22(28)26-13-19(17-7-4-8-18(10-17)29-3)20(14-26)21(27)24-12-16-6-5-9-23-11-16/h4-11,15,19-20H,12-14H2,1-3H3,(H,24,27)(H,25,28). The molecule has 2 atom stereocenters. The van der Waals surface area contributed by atoms with Crippen LogP contribution < -0.4 is 15.4 Å². The lowest BCUT2D eigenvalue weighted by Gasteiger charge is -2.19. The molecular weight excluding hydrogens is 368 g/mol. The van der Waals surface area contributed by atoms with E-state index in [1.54, 1.807) is 24.4 Å². The fourth-order valence-corrected chi connectivity index (χ4v) is 3.61. The van der Waals surface area contributed by atoms with Crippen LogP contribution in [0.2, 0.25) is 0 Å². The molecule has 1 aliphatic heterocycles. The molecule has 3 amide bonds. The Hall–Kier alpha value is -3.09. The molecule has 1 aromatic heterocycles. The summed E-state index contributed by atoms with van der Waals surface area (Å²) in [6, 6.07) is 11.4. The Morgan fingerprint density at radius 2 is 2.07 bits per heavy atom. The van der Waals surface area contributed by atoms with E-state index >= 15 is 0 Å². The molecule has 7 nitrogen and oxygen atoms in total. The normalized spacial score (nSPS) is 18.6. The van der Waals surface area contributed by atoms with Crippen LogP contribution in [0.4, 0.5) is 4.79 Å². The lowest BCUT2D eigenvalue weighted by molar-refractivity contribution is -0.125. The Morgan fingerprint density at radius 1 is 1.24 bits per heavy atom. The van der Waals surface area contributed by atoms with E-state index in [-0.39, 0.29) is 29.8 Å². The minimum Gasteiger partial charge on any atom is -0.497 e. The van der Waals surface area contributed by atoms with Gasteiger partial charge in [-0.1, -0.05) is 18.2 Å². The number of urea groups is 1. The quantitative estimate of drug-likeness (QED) is 0.786. The zero-order valence-corrected chi connectivity index (χ0v) is 17.1. The van der Waals surface area contributed by atoms with Gasteiger partial charge in [-0.3, -0.25) is 9.78 Å². The molecule has 0 bridgehead atoms. The Kier molecular flexibility index (Phi) is 6.69. The minimum absolute atomic E-state index is 0.0382.